The van der Waals surface area contributed by atoms with Gasteiger partial charge >= 0.3 is 0 Å². The molecule has 0 aliphatic heterocycles. The minimum atomic E-state index is -0.490. The predicted octanol–water partition coefficient (Wildman–Crippen LogP) is 3.38. The van der Waals surface area contributed by atoms with Gasteiger partial charge in [-0.2, -0.15) is 0 Å². The summed E-state index contributed by atoms with van der Waals surface area (Å²) in [5.74, 6) is -0.239. The second kappa shape index (κ2) is 9.30. The standard InChI is InChI=1S/C19H17ClN2O3/c1-2-13-25-15-10-7-14(8-11-15)9-12-18(23)21-22-19(24)16-5-3-4-6-17(16)20/h2-12H,1,13H2,(H,21,23)(H,22,24)/b12-9+. The van der Waals surface area contributed by atoms with Gasteiger partial charge in [0, 0.05) is 6.08 Å². The lowest BCUT2D eigenvalue weighted by atomic mass is 10.2. The molecule has 0 spiro atoms. The van der Waals surface area contributed by atoms with E-state index in [0.29, 0.717) is 17.4 Å². The Morgan fingerprint density at radius 1 is 1.08 bits per heavy atom. The molecule has 0 heterocycles. The Labute approximate surface area is 150 Å². The van der Waals surface area contributed by atoms with Crippen LogP contribution in [-0.2, 0) is 4.79 Å². The number of rotatable bonds is 6. The summed E-state index contributed by atoms with van der Waals surface area (Å²) in [6, 6.07) is 13.8. The minimum Gasteiger partial charge on any atom is -0.490 e. The molecule has 2 aromatic carbocycles. The normalized spacial score (nSPS) is 10.3. The van der Waals surface area contributed by atoms with Crippen LogP contribution in [0.5, 0.6) is 5.75 Å². The molecule has 25 heavy (non-hydrogen) atoms. The molecule has 0 unspecified atom stereocenters. The van der Waals surface area contributed by atoms with Crippen molar-refractivity contribution in [3.8, 4) is 5.75 Å². The molecule has 2 rings (SSSR count). The third kappa shape index (κ3) is 5.82. The topological polar surface area (TPSA) is 67.4 Å². The van der Waals surface area contributed by atoms with Crippen molar-refractivity contribution < 1.29 is 14.3 Å². The molecule has 0 radical (unpaired) electrons. The first-order valence-corrected chi connectivity index (χ1v) is 7.84. The molecular formula is C19H17ClN2O3. The van der Waals surface area contributed by atoms with E-state index in [2.05, 4.69) is 17.4 Å². The van der Waals surface area contributed by atoms with Gasteiger partial charge in [-0.15, -0.1) is 0 Å². The summed E-state index contributed by atoms with van der Waals surface area (Å²) in [5, 5.41) is 0.309. The first-order chi connectivity index (χ1) is 12.1. The first-order valence-electron chi connectivity index (χ1n) is 7.47. The van der Waals surface area contributed by atoms with E-state index in [9.17, 15) is 9.59 Å². The summed E-state index contributed by atoms with van der Waals surface area (Å²) in [4.78, 5) is 23.7. The number of hydrogen-bond acceptors (Lipinski definition) is 3. The van der Waals surface area contributed by atoms with E-state index in [1.165, 1.54) is 6.08 Å². The molecule has 0 aromatic heterocycles. The van der Waals surface area contributed by atoms with Gasteiger partial charge in [0.1, 0.15) is 12.4 Å². The van der Waals surface area contributed by atoms with E-state index >= 15 is 0 Å². The van der Waals surface area contributed by atoms with Crippen LogP contribution >= 0.6 is 11.6 Å². The highest BCUT2D eigenvalue weighted by Crippen LogP contribution is 2.14. The van der Waals surface area contributed by atoms with Crippen LogP contribution in [0.4, 0.5) is 0 Å². The highest BCUT2D eigenvalue weighted by molar-refractivity contribution is 6.33. The third-order valence-electron chi connectivity index (χ3n) is 3.09. The summed E-state index contributed by atoms with van der Waals surface area (Å²) in [7, 11) is 0. The number of carbonyl (C=O) groups is 2. The number of hydrazine groups is 1. The van der Waals surface area contributed by atoms with Crippen molar-refractivity contribution in [1.29, 1.82) is 0 Å². The van der Waals surface area contributed by atoms with Crippen LogP contribution in [-0.4, -0.2) is 18.4 Å². The first kappa shape index (κ1) is 18.3. The third-order valence-corrected chi connectivity index (χ3v) is 3.42. The zero-order valence-electron chi connectivity index (χ0n) is 13.4. The monoisotopic (exact) mass is 356 g/mol. The van der Waals surface area contributed by atoms with Crippen LogP contribution in [0.3, 0.4) is 0 Å². The Morgan fingerprint density at radius 2 is 1.80 bits per heavy atom. The Balaban J connectivity index is 1.85. The van der Waals surface area contributed by atoms with Crippen molar-refractivity contribution in [2.45, 2.75) is 0 Å². The fourth-order valence-electron chi connectivity index (χ4n) is 1.87. The average molecular weight is 357 g/mol. The highest BCUT2D eigenvalue weighted by Gasteiger charge is 2.09. The zero-order valence-corrected chi connectivity index (χ0v) is 14.1. The Bertz CT molecular complexity index is 786. The smallest absolute Gasteiger partial charge is 0.271 e. The summed E-state index contributed by atoms with van der Waals surface area (Å²) >= 11 is 5.92. The lowest BCUT2D eigenvalue weighted by Gasteiger charge is -2.06. The molecule has 0 bridgehead atoms. The maximum Gasteiger partial charge on any atom is 0.271 e. The Hall–Kier alpha value is -3.05. The molecule has 2 amide bonds. The number of nitrogens with one attached hydrogen (secondary N) is 2. The van der Waals surface area contributed by atoms with Crippen LogP contribution in [0.25, 0.3) is 6.08 Å². The highest BCUT2D eigenvalue weighted by atomic mass is 35.5. The van der Waals surface area contributed by atoms with Crippen LogP contribution in [0.2, 0.25) is 5.02 Å². The lowest BCUT2D eigenvalue weighted by Crippen LogP contribution is -2.40. The van der Waals surface area contributed by atoms with Crippen molar-refractivity contribution in [2.24, 2.45) is 0 Å². The summed E-state index contributed by atoms with van der Waals surface area (Å²) in [6.45, 7) is 4.01. The van der Waals surface area contributed by atoms with E-state index in [1.807, 2.05) is 12.1 Å². The zero-order chi connectivity index (χ0) is 18.1. The quantitative estimate of drug-likeness (QED) is 0.473. The predicted molar refractivity (Wildman–Crippen MR) is 98.2 cm³/mol. The molecule has 0 aliphatic carbocycles. The molecule has 0 saturated heterocycles. The number of ether oxygens (including phenoxy) is 1. The second-order valence-corrected chi connectivity index (χ2v) is 5.33. The second-order valence-electron chi connectivity index (χ2n) is 4.93. The average Bonchev–Trinajstić information content (AvgIpc) is 2.64. The summed E-state index contributed by atoms with van der Waals surface area (Å²) in [6.07, 6.45) is 4.59. The van der Waals surface area contributed by atoms with Crippen LogP contribution in [0.1, 0.15) is 15.9 Å². The number of benzene rings is 2. The number of halogens is 1. The molecule has 5 nitrogen and oxygen atoms in total. The van der Waals surface area contributed by atoms with Crippen LogP contribution in [0.15, 0.2) is 67.3 Å². The largest absolute Gasteiger partial charge is 0.490 e. The van der Waals surface area contributed by atoms with Crippen LogP contribution in [0, 0.1) is 0 Å². The molecule has 0 aliphatic rings. The molecule has 0 saturated carbocycles. The Morgan fingerprint density at radius 3 is 2.48 bits per heavy atom. The van der Waals surface area contributed by atoms with E-state index in [-0.39, 0.29) is 5.56 Å². The number of hydrogen-bond donors (Lipinski definition) is 2. The lowest BCUT2D eigenvalue weighted by molar-refractivity contribution is -0.117. The van der Waals surface area contributed by atoms with Gasteiger partial charge < -0.3 is 4.74 Å². The van der Waals surface area contributed by atoms with Crippen LogP contribution < -0.4 is 15.6 Å². The van der Waals surface area contributed by atoms with Crippen molar-refractivity contribution in [1.82, 2.24) is 10.9 Å². The van der Waals surface area contributed by atoms with E-state index in [1.54, 1.807) is 48.6 Å². The van der Waals surface area contributed by atoms with Gasteiger partial charge in [-0.05, 0) is 35.9 Å². The van der Waals surface area contributed by atoms with Crippen molar-refractivity contribution in [2.75, 3.05) is 6.61 Å². The fourth-order valence-corrected chi connectivity index (χ4v) is 2.10. The summed E-state index contributed by atoms with van der Waals surface area (Å²) < 4.78 is 5.37. The van der Waals surface area contributed by atoms with Gasteiger partial charge in [0.05, 0.1) is 10.6 Å². The number of amides is 2. The van der Waals surface area contributed by atoms with Gasteiger partial charge in [0.15, 0.2) is 0 Å². The maximum atomic E-state index is 11.9. The van der Waals surface area contributed by atoms with Gasteiger partial charge in [-0.25, -0.2) is 0 Å². The van der Waals surface area contributed by atoms with Crippen molar-refractivity contribution in [3.63, 3.8) is 0 Å². The Kier molecular flexibility index (Phi) is 6.80. The molecule has 0 atom stereocenters. The van der Waals surface area contributed by atoms with Gasteiger partial charge in [-0.3, -0.25) is 20.4 Å². The minimum absolute atomic E-state index is 0.281. The van der Waals surface area contributed by atoms with E-state index in [0.717, 1.165) is 5.56 Å². The molecule has 128 valence electrons. The number of carbonyl (C=O) groups excluding carboxylic acids is 2. The van der Waals surface area contributed by atoms with Gasteiger partial charge in [0.2, 0.25) is 0 Å². The SMILES string of the molecule is C=CCOc1ccc(/C=C/C(=O)NNC(=O)c2ccccc2Cl)cc1. The maximum absolute atomic E-state index is 11.9. The van der Waals surface area contributed by atoms with Crippen molar-refractivity contribution >= 4 is 29.5 Å². The van der Waals surface area contributed by atoms with Gasteiger partial charge in [-0.1, -0.05) is 48.5 Å². The van der Waals surface area contributed by atoms with E-state index < -0.39 is 11.8 Å². The van der Waals surface area contributed by atoms with Crippen molar-refractivity contribution in [3.05, 3.63) is 83.4 Å². The molecule has 2 N–H and O–H groups in total. The molecule has 0 fully saturated rings. The summed E-state index contributed by atoms with van der Waals surface area (Å²) in [5.41, 5.74) is 5.70. The molecule has 2 aromatic rings. The fraction of sp³-hybridized carbons (Fsp3) is 0.0526. The van der Waals surface area contributed by atoms with E-state index in [4.69, 9.17) is 16.3 Å². The molecular weight excluding hydrogens is 340 g/mol. The van der Waals surface area contributed by atoms with Gasteiger partial charge in [0.25, 0.3) is 11.8 Å². The molecule has 6 heteroatoms.